The molecule has 4 nitrogen and oxygen atoms in total. The highest BCUT2D eigenvalue weighted by Crippen LogP contribution is 2.31. The van der Waals surface area contributed by atoms with Crippen molar-refractivity contribution in [3.05, 3.63) is 35.0 Å². The number of carbonyl (C=O) groups excluding carboxylic acids is 1. The molecule has 3 rings (SSSR count). The van der Waals surface area contributed by atoms with Gasteiger partial charge < -0.3 is 14.8 Å². The molecule has 1 aliphatic carbocycles. The number of esters is 1. The SMILES string of the molecule is COC(=O)C(O)c1ccc2[nH]c3c(c2c1)CCCC3. The number of ether oxygens (including phenoxy) is 1. The number of aryl methyl sites for hydroxylation is 2. The predicted molar refractivity (Wildman–Crippen MR) is 71.9 cm³/mol. The minimum Gasteiger partial charge on any atom is -0.467 e. The molecule has 0 bridgehead atoms. The fourth-order valence-electron chi connectivity index (χ4n) is 2.84. The van der Waals surface area contributed by atoms with Crippen molar-refractivity contribution in [1.29, 1.82) is 0 Å². The minimum absolute atomic E-state index is 0.590. The van der Waals surface area contributed by atoms with Crippen LogP contribution in [0.4, 0.5) is 0 Å². The summed E-state index contributed by atoms with van der Waals surface area (Å²) >= 11 is 0. The molecule has 4 heteroatoms. The van der Waals surface area contributed by atoms with Crippen molar-refractivity contribution >= 4 is 16.9 Å². The number of aliphatic hydroxyl groups excluding tert-OH is 1. The number of hydrogen-bond acceptors (Lipinski definition) is 3. The first kappa shape index (κ1) is 12.2. The summed E-state index contributed by atoms with van der Waals surface area (Å²) < 4.78 is 4.58. The molecule has 1 aliphatic rings. The van der Waals surface area contributed by atoms with E-state index in [2.05, 4.69) is 9.72 Å². The lowest BCUT2D eigenvalue weighted by Gasteiger charge is -2.11. The quantitative estimate of drug-likeness (QED) is 0.813. The summed E-state index contributed by atoms with van der Waals surface area (Å²) in [4.78, 5) is 14.8. The van der Waals surface area contributed by atoms with Gasteiger partial charge in [0.15, 0.2) is 6.10 Å². The van der Waals surface area contributed by atoms with Gasteiger partial charge >= 0.3 is 5.97 Å². The zero-order valence-electron chi connectivity index (χ0n) is 10.9. The van der Waals surface area contributed by atoms with E-state index in [1.54, 1.807) is 6.07 Å². The summed E-state index contributed by atoms with van der Waals surface area (Å²) in [5, 5.41) is 11.0. The van der Waals surface area contributed by atoms with Crippen molar-refractivity contribution in [1.82, 2.24) is 4.98 Å². The molecular weight excluding hydrogens is 242 g/mol. The van der Waals surface area contributed by atoms with Crippen LogP contribution in [0.5, 0.6) is 0 Å². The summed E-state index contributed by atoms with van der Waals surface area (Å²) in [6.07, 6.45) is 3.36. The van der Waals surface area contributed by atoms with Gasteiger partial charge in [-0.25, -0.2) is 4.79 Å². The smallest absolute Gasteiger partial charge is 0.339 e. The average molecular weight is 259 g/mol. The lowest BCUT2D eigenvalue weighted by atomic mass is 9.94. The molecule has 2 N–H and O–H groups in total. The molecule has 1 heterocycles. The molecule has 1 aromatic heterocycles. The molecule has 0 amide bonds. The van der Waals surface area contributed by atoms with Crippen LogP contribution >= 0.6 is 0 Å². The number of benzene rings is 1. The van der Waals surface area contributed by atoms with E-state index in [1.165, 1.54) is 31.2 Å². The molecule has 19 heavy (non-hydrogen) atoms. The molecule has 1 unspecified atom stereocenters. The first-order valence-corrected chi connectivity index (χ1v) is 6.60. The highest BCUT2D eigenvalue weighted by molar-refractivity contribution is 5.87. The molecule has 0 aliphatic heterocycles. The van der Waals surface area contributed by atoms with E-state index in [1.807, 2.05) is 12.1 Å². The van der Waals surface area contributed by atoms with E-state index >= 15 is 0 Å². The summed E-state index contributed by atoms with van der Waals surface area (Å²) in [5.41, 5.74) is 4.30. The van der Waals surface area contributed by atoms with Crippen LogP contribution in [0.2, 0.25) is 0 Å². The minimum atomic E-state index is -1.21. The van der Waals surface area contributed by atoms with Crippen LogP contribution in [0.3, 0.4) is 0 Å². The van der Waals surface area contributed by atoms with Gasteiger partial charge in [0.1, 0.15) is 0 Å². The van der Waals surface area contributed by atoms with E-state index in [4.69, 9.17) is 0 Å². The van der Waals surface area contributed by atoms with Gasteiger partial charge in [0, 0.05) is 16.6 Å². The number of carbonyl (C=O) groups is 1. The topological polar surface area (TPSA) is 62.3 Å². The van der Waals surface area contributed by atoms with Gasteiger partial charge in [0.05, 0.1) is 7.11 Å². The van der Waals surface area contributed by atoms with Gasteiger partial charge in [-0.3, -0.25) is 0 Å². The Labute approximate surface area is 111 Å². The number of nitrogens with one attached hydrogen (secondary N) is 1. The molecule has 2 aromatic rings. The number of aromatic nitrogens is 1. The molecule has 0 spiro atoms. The van der Waals surface area contributed by atoms with Crippen LogP contribution in [0.25, 0.3) is 10.9 Å². The molecule has 0 saturated heterocycles. The van der Waals surface area contributed by atoms with Crippen LogP contribution in [-0.4, -0.2) is 23.2 Å². The molecule has 0 fully saturated rings. The van der Waals surface area contributed by atoms with E-state index < -0.39 is 12.1 Å². The Morgan fingerprint density at radius 3 is 2.95 bits per heavy atom. The van der Waals surface area contributed by atoms with Crippen LogP contribution in [0.1, 0.15) is 35.8 Å². The number of rotatable bonds is 2. The molecular formula is C15H17NO3. The Kier molecular flexibility index (Phi) is 3.03. The third-order valence-corrected chi connectivity index (χ3v) is 3.86. The summed E-state index contributed by atoms with van der Waals surface area (Å²) in [5.74, 6) is -0.622. The van der Waals surface area contributed by atoms with E-state index in [0.29, 0.717) is 5.56 Å². The van der Waals surface area contributed by atoms with Crippen molar-refractivity contribution in [2.24, 2.45) is 0 Å². The third-order valence-electron chi connectivity index (χ3n) is 3.86. The molecule has 1 aromatic carbocycles. The van der Waals surface area contributed by atoms with Gasteiger partial charge in [0.2, 0.25) is 0 Å². The number of aliphatic hydroxyl groups is 1. The largest absolute Gasteiger partial charge is 0.467 e. The highest BCUT2D eigenvalue weighted by atomic mass is 16.5. The Morgan fingerprint density at radius 1 is 1.37 bits per heavy atom. The molecule has 0 radical (unpaired) electrons. The Balaban J connectivity index is 2.07. The van der Waals surface area contributed by atoms with Crippen molar-refractivity contribution in [2.45, 2.75) is 31.8 Å². The number of H-pyrrole nitrogens is 1. The molecule has 1 atom stereocenters. The highest BCUT2D eigenvalue weighted by Gasteiger charge is 2.20. The maximum absolute atomic E-state index is 11.4. The second kappa shape index (κ2) is 4.70. The van der Waals surface area contributed by atoms with Gasteiger partial charge in [-0.1, -0.05) is 6.07 Å². The van der Waals surface area contributed by atoms with Crippen LogP contribution in [0, 0.1) is 0 Å². The van der Waals surface area contributed by atoms with Gasteiger partial charge in [-0.05, 0) is 48.9 Å². The zero-order chi connectivity index (χ0) is 13.4. The van der Waals surface area contributed by atoms with Crippen LogP contribution in [-0.2, 0) is 22.4 Å². The lowest BCUT2D eigenvalue weighted by molar-refractivity contribution is -0.150. The van der Waals surface area contributed by atoms with E-state index in [0.717, 1.165) is 23.7 Å². The monoisotopic (exact) mass is 259 g/mol. The normalized spacial score (nSPS) is 16.1. The fourth-order valence-corrected chi connectivity index (χ4v) is 2.84. The van der Waals surface area contributed by atoms with Crippen molar-refractivity contribution in [3.8, 4) is 0 Å². The lowest BCUT2D eigenvalue weighted by Crippen LogP contribution is -2.13. The standard InChI is InChI=1S/C15H17NO3/c1-19-15(18)14(17)9-6-7-13-11(8-9)10-4-2-3-5-12(10)16-13/h6-8,14,16-17H,2-5H2,1H3. The molecule has 0 saturated carbocycles. The van der Waals surface area contributed by atoms with Crippen LogP contribution in [0.15, 0.2) is 18.2 Å². The Hall–Kier alpha value is -1.81. The average Bonchev–Trinajstić information content (AvgIpc) is 2.83. The number of aromatic amines is 1. The molecule has 100 valence electrons. The van der Waals surface area contributed by atoms with Crippen molar-refractivity contribution < 1.29 is 14.6 Å². The third kappa shape index (κ3) is 2.02. The number of fused-ring (bicyclic) bond motifs is 3. The number of hydrogen-bond donors (Lipinski definition) is 2. The fraction of sp³-hybridized carbons (Fsp3) is 0.400. The van der Waals surface area contributed by atoms with Gasteiger partial charge in [0.25, 0.3) is 0 Å². The predicted octanol–water partition coefficient (Wildman–Crippen LogP) is 2.25. The summed E-state index contributed by atoms with van der Waals surface area (Å²) in [6.45, 7) is 0. The Bertz CT molecular complexity index is 630. The second-order valence-corrected chi connectivity index (χ2v) is 5.02. The van der Waals surface area contributed by atoms with Crippen molar-refractivity contribution in [3.63, 3.8) is 0 Å². The maximum atomic E-state index is 11.4. The zero-order valence-corrected chi connectivity index (χ0v) is 10.9. The first-order chi connectivity index (χ1) is 9.20. The van der Waals surface area contributed by atoms with E-state index in [-0.39, 0.29) is 0 Å². The number of methoxy groups -OCH3 is 1. The van der Waals surface area contributed by atoms with Gasteiger partial charge in [-0.2, -0.15) is 0 Å². The maximum Gasteiger partial charge on any atom is 0.339 e. The second-order valence-electron chi connectivity index (χ2n) is 5.02. The summed E-state index contributed by atoms with van der Waals surface area (Å²) in [6, 6.07) is 5.60. The van der Waals surface area contributed by atoms with E-state index in [9.17, 15) is 9.90 Å². The summed E-state index contributed by atoms with van der Waals surface area (Å²) in [7, 11) is 1.28. The van der Waals surface area contributed by atoms with Gasteiger partial charge in [-0.15, -0.1) is 0 Å². The van der Waals surface area contributed by atoms with Crippen molar-refractivity contribution in [2.75, 3.05) is 7.11 Å². The first-order valence-electron chi connectivity index (χ1n) is 6.60. The van der Waals surface area contributed by atoms with Crippen LogP contribution < -0.4 is 0 Å². The Morgan fingerprint density at radius 2 is 2.16 bits per heavy atom.